The van der Waals surface area contributed by atoms with Gasteiger partial charge in [-0.1, -0.05) is 6.07 Å². The first-order valence-electron chi connectivity index (χ1n) is 7.88. The Morgan fingerprint density at radius 3 is 2.95 bits per heavy atom. The molecule has 118 valence electrons. The van der Waals surface area contributed by atoms with E-state index in [-0.39, 0.29) is 17.7 Å². The maximum absolute atomic E-state index is 12.1. The third-order valence-corrected chi connectivity index (χ3v) is 4.24. The van der Waals surface area contributed by atoms with Crippen LogP contribution in [0.15, 0.2) is 18.3 Å². The molecule has 2 fully saturated rings. The van der Waals surface area contributed by atoms with E-state index in [0.29, 0.717) is 32.1 Å². The third-order valence-electron chi connectivity index (χ3n) is 4.24. The summed E-state index contributed by atoms with van der Waals surface area (Å²) in [7, 11) is 0. The summed E-state index contributed by atoms with van der Waals surface area (Å²) in [5.74, 6) is 0.762. The SMILES string of the molecule is Cc1cccnc1NCCNC(=O)[C@@H]1CC(=O)N(C2CC2)C1. The molecular weight excluding hydrogens is 280 g/mol. The fourth-order valence-corrected chi connectivity index (χ4v) is 2.83. The summed E-state index contributed by atoms with van der Waals surface area (Å²) < 4.78 is 0. The lowest BCUT2D eigenvalue weighted by Gasteiger charge is -2.15. The molecule has 1 saturated carbocycles. The molecule has 22 heavy (non-hydrogen) atoms. The number of nitrogens with one attached hydrogen (secondary N) is 2. The number of aryl methyl sites for hydroxylation is 1. The summed E-state index contributed by atoms with van der Waals surface area (Å²) in [5.41, 5.74) is 1.08. The smallest absolute Gasteiger partial charge is 0.225 e. The van der Waals surface area contributed by atoms with Gasteiger partial charge in [0.1, 0.15) is 5.82 Å². The van der Waals surface area contributed by atoms with Crippen LogP contribution in [0.4, 0.5) is 5.82 Å². The van der Waals surface area contributed by atoms with Crippen molar-refractivity contribution in [3.63, 3.8) is 0 Å². The molecule has 1 aliphatic carbocycles. The van der Waals surface area contributed by atoms with E-state index >= 15 is 0 Å². The van der Waals surface area contributed by atoms with Crippen LogP contribution in [-0.2, 0) is 9.59 Å². The number of nitrogens with zero attached hydrogens (tertiary/aromatic N) is 2. The summed E-state index contributed by atoms with van der Waals surface area (Å²) in [6, 6.07) is 4.29. The first kappa shape index (κ1) is 14.8. The van der Waals surface area contributed by atoms with Gasteiger partial charge in [-0.25, -0.2) is 4.98 Å². The number of likely N-dealkylation sites (tertiary alicyclic amines) is 1. The average Bonchev–Trinajstić information content (AvgIpc) is 3.27. The molecule has 2 heterocycles. The van der Waals surface area contributed by atoms with E-state index in [1.54, 1.807) is 6.20 Å². The van der Waals surface area contributed by atoms with E-state index in [0.717, 1.165) is 24.2 Å². The molecule has 2 amide bonds. The Balaban J connectivity index is 1.39. The summed E-state index contributed by atoms with van der Waals surface area (Å²) in [6.45, 7) is 3.73. The van der Waals surface area contributed by atoms with E-state index in [2.05, 4.69) is 15.6 Å². The summed E-state index contributed by atoms with van der Waals surface area (Å²) >= 11 is 0. The van der Waals surface area contributed by atoms with Crippen LogP contribution in [0.25, 0.3) is 0 Å². The molecule has 3 rings (SSSR count). The van der Waals surface area contributed by atoms with Gasteiger partial charge in [0.15, 0.2) is 0 Å². The van der Waals surface area contributed by atoms with E-state index in [9.17, 15) is 9.59 Å². The molecule has 1 atom stereocenters. The van der Waals surface area contributed by atoms with Crippen LogP contribution in [0, 0.1) is 12.8 Å². The van der Waals surface area contributed by atoms with E-state index in [4.69, 9.17) is 0 Å². The topological polar surface area (TPSA) is 74.3 Å². The van der Waals surface area contributed by atoms with Crippen LogP contribution >= 0.6 is 0 Å². The lowest BCUT2D eigenvalue weighted by Crippen LogP contribution is -2.36. The van der Waals surface area contributed by atoms with Crippen molar-refractivity contribution in [2.75, 3.05) is 25.0 Å². The van der Waals surface area contributed by atoms with Gasteiger partial charge in [-0.15, -0.1) is 0 Å². The van der Waals surface area contributed by atoms with Gasteiger partial charge in [0.2, 0.25) is 11.8 Å². The van der Waals surface area contributed by atoms with Gasteiger partial charge in [-0.3, -0.25) is 9.59 Å². The molecule has 0 spiro atoms. The van der Waals surface area contributed by atoms with Crippen molar-refractivity contribution < 1.29 is 9.59 Å². The Bertz CT molecular complexity index is 571. The highest BCUT2D eigenvalue weighted by atomic mass is 16.2. The number of aromatic nitrogens is 1. The summed E-state index contributed by atoms with van der Waals surface area (Å²) in [6.07, 6.45) is 4.28. The highest BCUT2D eigenvalue weighted by molar-refractivity contribution is 5.89. The van der Waals surface area contributed by atoms with Crippen molar-refractivity contribution in [2.24, 2.45) is 5.92 Å². The number of hydrogen-bond donors (Lipinski definition) is 2. The van der Waals surface area contributed by atoms with Crippen molar-refractivity contribution >= 4 is 17.6 Å². The van der Waals surface area contributed by atoms with E-state index in [1.807, 2.05) is 24.0 Å². The van der Waals surface area contributed by atoms with Crippen LogP contribution in [0.2, 0.25) is 0 Å². The number of carbonyl (C=O) groups excluding carboxylic acids is 2. The number of carbonyl (C=O) groups is 2. The second-order valence-corrected chi connectivity index (χ2v) is 6.07. The molecule has 6 nitrogen and oxygen atoms in total. The molecule has 1 aliphatic heterocycles. The first-order chi connectivity index (χ1) is 10.6. The molecule has 0 aromatic carbocycles. The van der Waals surface area contributed by atoms with Gasteiger partial charge in [0.05, 0.1) is 5.92 Å². The predicted octanol–water partition coefficient (Wildman–Crippen LogP) is 0.929. The van der Waals surface area contributed by atoms with Crippen molar-refractivity contribution in [3.05, 3.63) is 23.9 Å². The molecule has 1 aromatic heterocycles. The summed E-state index contributed by atoms with van der Waals surface area (Å²) in [4.78, 5) is 30.1. The van der Waals surface area contributed by atoms with Gasteiger partial charge >= 0.3 is 0 Å². The number of hydrogen-bond acceptors (Lipinski definition) is 4. The zero-order valence-corrected chi connectivity index (χ0v) is 12.8. The maximum Gasteiger partial charge on any atom is 0.225 e. The second kappa shape index (κ2) is 6.34. The molecular formula is C16H22N4O2. The summed E-state index contributed by atoms with van der Waals surface area (Å²) in [5, 5.41) is 6.11. The van der Waals surface area contributed by atoms with Gasteiger partial charge in [0, 0.05) is 38.3 Å². The van der Waals surface area contributed by atoms with Crippen LogP contribution in [0.5, 0.6) is 0 Å². The van der Waals surface area contributed by atoms with E-state index < -0.39 is 0 Å². The Hall–Kier alpha value is -2.11. The normalized spacial score (nSPS) is 21.0. The zero-order chi connectivity index (χ0) is 15.5. The van der Waals surface area contributed by atoms with Crippen molar-refractivity contribution in [1.29, 1.82) is 0 Å². The number of pyridine rings is 1. The zero-order valence-electron chi connectivity index (χ0n) is 12.8. The highest BCUT2D eigenvalue weighted by Gasteiger charge is 2.41. The quantitative estimate of drug-likeness (QED) is 0.767. The van der Waals surface area contributed by atoms with Crippen LogP contribution in [-0.4, -0.2) is 47.4 Å². The molecule has 0 bridgehead atoms. The second-order valence-electron chi connectivity index (χ2n) is 6.07. The van der Waals surface area contributed by atoms with Gasteiger partial charge < -0.3 is 15.5 Å². The minimum Gasteiger partial charge on any atom is -0.368 e. The van der Waals surface area contributed by atoms with Crippen molar-refractivity contribution in [3.8, 4) is 0 Å². The Labute approximate surface area is 130 Å². The first-order valence-corrected chi connectivity index (χ1v) is 7.88. The van der Waals surface area contributed by atoms with Crippen molar-refractivity contribution in [2.45, 2.75) is 32.2 Å². The highest BCUT2D eigenvalue weighted by Crippen LogP contribution is 2.32. The van der Waals surface area contributed by atoms with Crippen LogP contribution in [0.3, 0.4) is 0 Å². The fraction of sp³-hybridized carbons (Fsp3) is 0.562. The number of amides is 2. The third kappa shape index (κ3) is 3.37. The fourth-order valence-electron chi connectivity index (χ4n) is 2.83. The molecule has 1 saturated heterocycles. The van der Waals surface area contributed by atoms with Gasteiger partial charge in [-0.05, 0) is 31.4 Å². The largest absolute Gasteiger partial charge is 0.368 e. The van der Waals surface area contributed by atoms with Gasteiger partial charge in [-0.2, -0.15) is 0 Å². The minimum atomic E-state index is -0.190. The average molecular weight is 302 g/mol. The molecule has 1 aromatic rings. The standard InChI is InChI=1S/C16H22N4O2/c1-11-3-2-6-17-15(11)18-7-8-19-16(22)12-9-14(21)20(10-12)13-4-5-13/h2-3,6,12-13H,4-5,7-10H2,1H3,(H,17,18)(H,19,22)/t12-/m1/s1. The minimum absolute atomic E-state index is 0.0176. The predicted molar refractivity (Wildman–Crippen MR) is 83.3 cm³/mol. The van der Waals surface area contributed by atoms with Gasteiger partial charge in [0.25, 0.3) is 0 Å². The molecule has 0 unspecified atom stereocenters. The molecule has 2 N–H and O–H groups in total. The number of rotatable bonds is 6. The lowest BCUT2D eigenvalue weighted by atomic mass is 10.1. The van der Waals surface area contributed by atoms with Crippen molar-refractivity contribution in [1.82, 2.24) is 15.2 Å². The Kier molecular flexibility index (Phi) is 4.27. The monoisotopic (exact) mass is 302 g/mol. The maximum atomic E-state index is 12.1. The molecule has 2 aliphatic rings. The van der Waals surface area contributed by atoms with E-state index in [1.165, 1.54) is 0 Å². The van der Waals surface area contributed by atoms with Crippen LogP contribution < -0.4 is 10.6 Å². The Morgan fingerprint density at radius 2 is 2.23 bits per heavy atom. The Morgan fingerprint density at radius 1 is 1.41 bits per heavy atom. The molecule has 0 radical (unpaired) electrons. The lowest BCUT2D eigenvalue weighted by molar-refractivity contribution is -0.129. The molecule has 6 heteroatoms. The number of anilines is 1. The van der Waals surface area contributed by atoms with Crippen LogP contribution in [0.1, 0.15) is 24.8 Å².